The predicted octanol–water partition coefficient (Wildman–Crippen LogP) is 5.19. The van der Waals surface area contributed by atoms with Gasteiger partial charge in [-0.25, -0.2) is 17.7 Å². The number of fused-ring (bicyclic) bond motifs is 2. The molecule has 7 nitrogen and oxygen atoms in total. The second-order valence-electron chi connectivity index (χ2n) is 10.2. The van der Waals surface area contributed by atoms with Crippen molar-refractivity contribution in [1.82, 2.24) is 19.3 Å². The maximum absolute atomic E-state index is 12.1. The van der Waals surface area contributed by atoms with Gasteiger partial charge in [0.05, 0.1) is 30.2 Å². The summed E-state index contributed by atoms with van der Waals surface area (Å²) in [4.78, 5) is 12.1. The van der Waals surface area contributed by atoms with Crippen molar-refractivity contribution < 1.29 is 13.5 Å². The molecule has 0 saturated carbocycles. The van der Waals surface area contributed by atoms with Gasteiger partial charge in [0.1, 0.15) is 5.60 Å². The van der Waals surface area contributed by atoms with Gasteiger partial charge in [-0.2, -0.15) is 0 Å². The highest BCUT2D eigenvalue weighted by molar-refractivity contribution is 7.88. The Kier molecular flexibility index (Phi) is 7.29. The third kappa shape index (κ3) is 5.25. The molecule has 5 rings (SSSR count). The Balaban J connectivity index is 1.53. The number of halogens is 1. The van der Waals surface area contributed by atoms with Crippen molar-refractivity contribution in [3.8, 4) is 0 Å². The van der Waals surface area contributed by atoms with E-state index in [2.05, 4.69) is 28.2 Å². The number of rotatable bonds is 7. The van der Waals surface area contributed by atoms with Crippen LogP contribution in [0.2, 0.25) is 5.02 Å². The minimum atomic E-state index is -3.21. The highest BCUT2D eigenvalue weighted by atomic mass is 35.5. The molecule has 196 valence electrons. The number of pyridine rings is 1. The fourth-order valence-electron chi connectivity index (χ4n) is 5.88. The van der Waals surface area contributed by atoms with Gasteiger partial charge in [-0.1, -0.05) is 36.7 Å². The SMILES string of the molecule is CCC(O)(CCC1=Cc2cc(Cl)ccc2C(C2CCN(S(C)(=O)=O)CC2)c2ncccc21)c1cnc[nH]1. The van der Waals surface area contributed by atoms with E-state index in [0.29, 0.717) is 37.4 Å². The van der Waals surface area contributed by atoms with Crippen molar-refractivity contribution in [2.75, 3.05) is 19.3 Å². The van der Waals surface area contributed by atoms with Crippen LogP contribution in [-0.2, 0) is 15.6 Å². The van der Waals surface area contributed by atoms with Gasteiger partial charge in [0.2, 0.25) is 10.0 Å². The first-order chi connectivity index (χ1) is 17.7. The lowest BCUT2D eigenvalue weighted by Crippen LogP contribution is -2.39. The van der Waals surface area contributed by atoms with E-state index in [1.54, 1.807) is 16.8 Å². The Hall–Kier alpha value is -2.52. The summed E-state index contributed by atoms with van der Waals surface area (Å²) in [6, 6.07) is 10.1. The smallest absolute Gasteiger partial charge is 0.211 e. The molecular weight excluding hydrogens is 508 g/mol. The van der Waals surface area contributed by atoms with Gasteiger partial charge < -0.3 is 10.1 Å². The molecule has 2 aromatic heterocycles. The Morgan fingerprint density at radius 1 is 1.24 bits per heavy atom. The molecular formula is C28H33ClN4O3S. The molecule has 2 atom stereocenters. The van der Waals surface area contributed by atoms with Crippen LogP contribution in [0.3, 0.4) is 0 Å². The van der Waals surface area contributed by atoms with Gasteiger partial charge in [0, 0.05) is 30.2 Å². The summed E-state index contributed by atoms with van der Waals surface area (Å²) in [6.07, 6.45) is 11.9. The molecule has 3 heterocycles. The number of hydrogen-bond donors (Lipinski definition) is 2. The van der Waals surface area contributed by atoms with E-state index in [9.17, 15) is 13.5 Å². The molecule has 2 aliphatic rings. The first kappa shape index (κ1) is 26.1. The van der Waals surface area contributed by atoms with Crippen molar-refractivity contribution in [2.45, 2.75) is 50.5 Å². The van der Waals surface area contributed by atoms with E-state index in [-0.39, 0.29) is 11.8 Å². The second-order valence-corrected chi connectivity index (χ2v) is 12.6. The summed E-state index contributed by atoms with van der Waals surface area (Å²) in [5.74, 6) is 0.272. The van der Waals surface area contributed by atoms with Gasteiger partial charge in [0.25, 0.3) is 0 Å². The lowest BCUT2D eigenvalue weighted by Gasteiger charge is -2.35. The zero-order chi connectivity index (χ0) is 26.2. The number of sulfonamides is 1. The Labute approximate surface area is 223 Å². The minimum absolute atomic E-state index is 0.0246. The Morgan fingerprint density at radius 3 is 2.70 bits per heavy atom. The van der Waals surface area contributed by atoms with E-state index >= 15 is 0 Å². The fraction of sp³-hybridized carbons (Fsp3) is 0.429. The third-order valence-corrected chi connectivity index (χ3v) is 9.56. The fourth-order valence-corrected chi connectivity index (χ4v) is 6.94. The number of nitrogens with zero attached hydrogens (tertiary/aromatic N) is 3. The normalized spacial score (nSPS) is 20.4. The molecule has 0 spiro atoms. The number of hydrogen-bond acceptors (Lipinski definition) is 5. The molecule has 1 fully saturated rings. The van der Waals surface area contributed by atoms with E-state index in [4.69, 9.17) is 16.6 Å². The monoisotopic (exact) mass is 540 g/mol. The van der Waals surface area contributed by atoms with Crippen LogP contribution < -0.4 is 0 Å². The van der Waals surface area contributed by atoms with Crippen molar-refractivity contribution in [1.29, 1.82) is 0 Å². The molecule has 2 unspecified atom stereocenters. The summed E-state index contributed by atoms with van der Waals surface area (Å²) in [6.45, 7) is 3.00. The predicted molar refractivity (Wildman–Crippen MR) is 147 cm³/mol. The second kappa shape index (κ2) is 10.3. The molecule has 2 N–H and O–H groups in total. The van der Waals surface area contributed by atoms with Crippen LogP contribution in [-0.4, -0.2) is 52.1 Å². The van der Waals surface area contributed by atoms with Crippen LogP contribution in [0.25, 0.3) is 11.6 Å². The van der Waals surface area contributed by atoms with Gasteiger partial charge in [-0.3, -0.25) is 4.98 Å². The quantitative estimate of drug-likeness (QED) is 0.429. The number of aromatic amines is 1. The zero-order valence-corrected chi connectivity index (χ0v) is 22.8. The Bertz CT molecular complexity index is 1400. The number of aliphatic hydroxyl groups is 1. The molecule has 9 heteroatoms. The summed E-state index contributed by atoms with van der Waals surface area (Å²) >= 11 is 6.46. The average molecular weight is 541 g/mol. The topological polar surface area (TPSA) is 99.2 Å². The van der Waals surface area contributed by atoms with Crippen molar-refractivity contribution in [3.05, 3.63) is 82.2 Å². The highest BCUT2D eigenvalue weighted by Crippen LogP contribution is 2.46. The number of aromatic nitrogens is 3. The standard InChI is InChI=1S/C28H33ClN4O3S/c1-3-28(34,25-17-30-18-32-25)11-8-20-15-21-16-22(29)6-7-23(21)26(27-24(20)5-4-12-31-27)19-9-13-33(14-10-19)37(2,35)36/h4-7,12,15-19,26,34H,3,8-11,13-14H2,1-2H3,(H,30,32). The van der Waals surface area contributed by atoms with Gasteiger partial charge in [-0.05, 0) is 78.5 Å². The first-order valence-corrected chi connectivity index (χ1v) is 15.0. The molecule has 3 aromatic rings. The summed E-state index contributed by atoms with van der Waals surface area (Å²) in [5.41, 5.74) is 5.11. The summed E-state index contributed by atoms with van der Waals surface area (Å²) in [5, 5.41) is 12.1. The molecule has 1 aromatic carbocycles. The number of allylic oxidation sites excluding steroid dienone is 1. The van der Waals surface area contributed by atoms with Gasteiger partial charge >= 0.3 is 0 Å². The van der Waals surface area contributed by atoms with Crippen LogP contribution in [0.15, 0.2) is 49.1 Å². The Morgan fingerprint density at radius 2 is 2.03 bits per heavy atom. The highest BCUT2D eigenvalue weighted by Gasteiger charge is 2.36. The summed E-state index contributed by atoms with van der Waals surface area (Å²) in [7, 11) is -3.21. The largest absolute Gasteiger partial charge is 0.384 e. The van der Waals surface area contributed by atoms with Crippen LogP contribution >= 0.6 is 11.6 Å². The number of piperidine rings is 1. The maximum Gasteiger partial charge on any atom is 0.211 e. The molecule has 0 bridgehead atoms. The van der Waals surface area contributed by atoms with E-state index < -0.39 is 15.6 Å². The molecule has 0 amide bonds. The summed E-state index contributed by atoms with van der Waals surface area (Å²) < 4.78 is 25.8. The van der Waals surface area contributed by atoms with Crippen molar-refractivity contribution >= 4 is 33.3 Å². The molecule has 0 radical (unpaired) electrons. The van der Waals surface area contributed by atoms with Gasteiger partial charge in [0.15, 0.2) is 0 Å². The van der Waals surface area contributed by atoms with Crippen LogP contribution in [0, 0.1) is 5.92 Å². The van der Waals surface area contributed by atoms with Crippen molar-refractivity contribution in [3.63, 3.8) is 0 Å². The van der Waals surface area contributed by atoms with E-state index in [1.807, 2.05) is 31.3 Å². The molecule has 37 heavy (non-hydrogen) atoms. The first-order valence-electron chi connectivity index (χ1n) is 12.8. The van der Waals surface area contributed by atoms with Crippen molar-refractivity contribution in [2.24, 2.45) is 5.92 Å². The molecule has 1 aliphatic carbocycles. The lowest BCUT2D eigenvalue weighted by atomic mass is 9.76. The third-order valence-electron chi connectivity index (χ3n) is 8.02. The number of H-pyrrole nitrogens is 1. The van der Waals surface area contributed by atoms with Crippen LogP contribution in [0.1, 0.15) is 73.0 Å². The maximum atomic E-state index is 12.1. The van der Waals surface area contributed by atoms with E-state index in [1.165, 1.54) is 6.26 Å². The van der Waals surface area contributed by atoms with Crippen LogP contribution in [0.4, 0.5) is 0 Å². The molecule has 1 saturated heterocycles. The van der Waals surface area contributed by atoms with E-state index in [0.717, 1.165) is 46.5 Å². The molecule has 1 aliphatic heterocycles. The lowest BCUT2D eigenvalue weighted by molar-refractivity contribution is 0.0210. The van der Waals surface area contributed by atoms with Gasteiger partial charge in [-0.15, -0.1) is 0 Å². The number of benzene rings is 1. The number of imidazole rings is 1. The van der Waals surface area contributed by atoms with Crippen LogP contribution in [0.5, 0.6) is 0 Å². The minimum Gasteiger partial charge on any atom is -0.384 e. The number of nitrogens with one attached hydrogen (secondary N) is 1. The average Bonchev–Trinajstić information content (AvgIpc) is 3.40. The zero-order valence-electron chi connectivity index (χ0n) is 21.2.